The summed E-state index contributed by atoms with van der Waals surface area (Å²) in [6.07, 6.45) is -10.1. The summed E-state index contributed by atoms with van der Waals surface area (Å²) < 4.78 is 89.0. The molecule has 0 spiro atoms. The number of nitro benzene ring substituents is 2. The van der Waals surface area contributed by atoms with Crippen molar-refractivity contribution in [3.8, 4) is 17.2 Å². The number of hydrogen-bond donors (Lipinski definition) is 1. The van der Waals surface area contributed by atoms with Gasteiger partial charge in [0.25, 0.3) is 11.4 Å². The predicted molar refractivity (Wildman–Crippen MR) is 131 cm³/mol. The number of H-pyrrole nitrogens is 1. The number of rotatable bonds is 8. The number of nitrogens with zero attached hydrogens (tertiary/aromatic N) is 6. The number of aliphatic imine (C=N–C) groups is 1. The first kappa shape index (κ1) is 33.9. The summed E-state index contributed by atoms with van der Waals surface area (Å²) in [6, 6.07) is 2.16. The van der Waals surface area contributed by atoms with Crippen LogP contribution in [0.3, 0.4) is 0 Å². The normalized spacial score (nSPS) is 11.4. The van der Waals surface area contributed by atoms with Gasteiger partial charge < -0.3 is 9.47 Å². The first-order valence-electron chi connectivity index (χ1n) is 11.5. The molecule has 1 N–H and O–H groups in total. The van der Waals surface area contributed by atoms with Crippen LogP contribution < -0.4 is 15.2 Å². The fourth-order valence-electron chi connectivity index (χ4n) is 3.19. The summed E-state index contributed by atoms with van der Waals surface area (Å²) in [7, 11) is 0. The molecule has 21 heteroatoms. The van der Waals surface area contributed by atoms with Gasteiger partial charge in [-0.2, -0.15) is 36.0 Å². The highest BCUT2D eigenvalue weighted by atomic mass is 19.4. The van der Waals surface area contributed by atoms with Crippen molar-refractivity contribution < 1.29 is 50.5 Å². The summed E-state index contributed by atoms with van der Waals surface area (Å²) in [5.74, 6) is -1.48. The zero-order chi connectivity index (χ0) is 32.9. The molecule has 0 aliphatic rings. The van der Waals surface area contributed by atoms with Gasteiger partial charge in [0, 0.05) is 24.3 Å². The molecule has 43 heavy (non-hydrogen) atoms. The van der Waals surface area contributed by atoms with Gasteiger partial charge in [-0.15, -0.1) is 0 Å². The molecule has 0 amide bonds. The van der Waals surface area contributed by atoms with Crippen molar-refractivity contribution in [3.63, 3.8) is 0 Å². The Morgan fingerprint density at radius 1 is 0.884 bits per heavy atom. The van der Waals surface area contributed by atoms with E-state index in [2.05, 4.69) is 15.4 Å². The summed E-state index contributed by atoms with van der Waals surface area (Å²) in [5.41, 5.74) is -6.54. The second-order valence-electron chi connectivity index (χ2n) is 8.65. The molecule has 232 valence electrons. The van der Waals surface area contributed by atoms with E-state index in [0.717, 1.165) is 18.2 Å². The molecule has 1 aromatic heterocycles. The molecule has 15 nitrogen and oxygen atoms in total. The van der Waals surface area contributed by atoms with Crippen molar-refractivity contribution in [2.24, 2.45) is 4.99 Å². The molecule has 0 unspecified atom stereocenters. The van der Waals surface area contributed by atoms with Crippen LogP contribution >= 0.6 is 0 Å². The number of aromatic nitrogens is 4. The molecule has 0 radical (unpaired) electrons. The van der Waals surface area contributed by atoms with Crippen LogP contribution in [-0.4, -0.2) is 48.3 Å². The molecule has 0 aliphatic carbocycles. The molecule has 0 atom stereocenters. The maximum Gasteiger partial charge on any atom is 0.420 e. The molecule has 3 rings (SSSR count). The number of nitrogens with one attached hydrogen (secondary N) is 1. The minimum Gasteiger partial charge on any atom is -0.488 e. The number of nitro groups is 2. The van der Waals surface area contributed by atoms with Crippen molar-refractivity contribution in [2.75, 3.05) is 0 Å². The van der Waals surface area contributed by atoms with Crippen molar-refractivity contribution in [3.05, 3.63) is 66.1 Å². The van der Waals surface area contributed by atoms with Crippen LogP contribution in [0.5, 0.6) is 11.5 Å². The number of tetrazole rings is 1. The van der Waals surface area contributed by atoms with E-state index in [0.29, 0.717) is 16.8 Å². The van der Waals surface area contributed by atoms with E-state index in [1.807, 2.05) is 5.10 Å². The molecule has 0 saturated heterocycles. The Morgan fingerprint density at radius 2 is 1.35 bits per heavy atom. The van der Waals surface area contributed by atoms with E-state index in [9.17, 15) is 56.2 Å². The Balaban J connectivity index is 0.000000304. The largest absolute Gasteiger partial charge is 0.488 e. The third-order valence-electron chi connectivity index (χ3n) is 4.71. The number of non-ortho nitro benzene ring substituents is 2. The molecule has 0 bridgehead atoms. The zero-order valence-electron chi connectivity index (χ0n) is 22.2. The fourth-order valence-corrected chi connectivity index (χ4v) is 3.19. The van der Waals surface area contributed by atoms with Crippen LogP contribution in [-0.2, 0) is 17.1 Å². The lowest BCUT2D eigenvalue weighted by Crippen LogP contribution is -2.21. The first-order valence-corrected chi connectivity index (χ1v) is 11.5. The average Bonchev–Trinajstić information content (AvgIpc) is 3.28. The molecule has 3 aromatic rings. The lowest BCUT2D eigenvalue weighted by Gasteiger charge is -2.18. The van der Waals surface area contributed by atoms with Crippen molar-refractivity contribution in [1.29, 1.82) is 0 Å². The fraction of sp³-hybridized carbons (Fsp3) is 0.364. The highest BCUT2D eigenvalue weighted by molar-refractivity contribution is 5.66. The number of ether oxygens (including phenoxy) is 2. The van der Waals surface area contributed by atoms with Crippen LogP contribution in [0.25, 0.3) is 5.69 Å². The molecule has 0 fully saturated rings. The van der Waals surface area contributed by atoms with Gasteiger partial charge in [0.05, 0.1) is 22.1 Å². The number of carbonyl (C=O) groups excluding carboxylic acids is 1. The second-order valence-corrected chi connectivity index (χ2v) is 8.65. The SMILES string of the molecule is CC(C)Oc1c(-n2nn[nH]c2=O)cc([N+](=O)[O-])cc1C(F)(F)F.CC(C)Oc1c(N=C=O)cc([N+](=O)[O-])cc1C(F)(F)F. The third-order valence-corrected chi connectivity index (χ3v) is 4.71. The summed E-state index contributed by atoms with van der Waals surface area (Å²) in [6.45, 7) is 5.87. The lowest BCUT2D eigenvalue weighted by molar-refractivity contribution is -0.385. The van der Waals surface area contributed by atoms with Crippen LogP contribution in [0, 0.1) is 20.2 Å². The van der Waals surface area contributed by atoms with E-state index in [-0.39, 0.29) is 0 Å². The number of benzene rings is 2. The number of isocyanates is 1. The van der Waals surface area contributed by atoms with Crippen molar-refractivity contribution >= 4 is 23.1 Å². The van der Waals surface area contributed by atoms with E-state index in [4.69, 9.17) is 9.47 Å². The van der Waals surface area contributed by atoms with Gasteiger partial charge >= 0.3 is 18.0 Å². The van der Waals surface area contributed by atoms with E-state index < -0.39 is 85.5 Å². The molecule has 1 heterocycles. The Morgan fingerprint density at radius 3 is 1.74 bits per heavy atom. The lowest BCUT2D eigenvalue weighted by atomic mass is 10.1. The van der Waals surface area contributed by atoms with Crippen LogP contribution in [0.2, 0.25) is 0 Å². The standard InChI is InChI=1S/C11H10F3N5O4.C11H9F3N2O4/c1-5(2)23-9-7(11(12,13)14)3-6(19(21)22)4-8(9)18-10(20)15-16-17-18;1-6(2)20-10-8(11(12,13)14)3-7(16(18)19)4-9(10)15-5-17/h3-5H,1-2H3,(H,15,17,20);3-4,6H,1-2H3. The highest BCUT2D eigenvalue weighted by Crippen LogP contribution is 2.45. The van der Waals surface area contributed by atoms with Crippen LogP contribution in [0.1, 0.15) is 38.8 Å². The van der Waals surface area contributed by atoms with Gasteiger partial charge in [-0.1, -0.05) is 0 Å². The topological polar surface area (TPSA) is 198 Å². The van der Waals surface area contributed by atoms with Gasteiger partial charge in [-0.3, -0.25) is 20.2 Å². The van der Waals surface area contributed by atoms with Gasteiger partial charge in [0.1, 0.15) is 22.5 Å². The summed E-state index contributed by atoms with van der Waals surface area (Å²) in [5, 5.41) is 29.9. The number of aromatic amines is 1. The van der Waals surface area contributed by atoms with Crippen LogP contribution in [0.15, 0.2) is 34.1 Å². The first-order chi connectivity index (χ1) is 19.8. The molecule has 0 saturated carbocycles. The Bertz CT molecular complexity index is 1610. The quantitative estimate of drug-likeness (QED) is 0.117. The third kappa shape index (κ3) is 8.58. The minimum atomic E-state index is -4.93. The number of halogens is 6. The van der Waals surface area contributed by atoms with E-state index in [1.165, 1.54) is 27.7 Å². The maximum atomic E-state index is 13.2. The minimum absolute atomic E-state index is 0.335. The van der Waals surface area contributed by atoms with Crippen molar-refractivity contribution in [2.45, 2.75) is 52.3 Å². The summed E-state index contributed by atoms with van der Waals surface area (Å²) >= 11 is 0. The van der Waals surface area contributed by atoms with Crippen molar-refractivity contribution in [1.82, 2.24) is 20.2 Å². The zero-order valence-corrected chi connectivity index (χ0v) is 22.2. The average molecular weight is 623 g/mol. The summed E-state index contributed by atoms with van der Waals surface area (Å²) in [4.78, 5) is 44.4. The molecule has 2 aromatic carbocycles. The number of hydrogen-bond acceptors (Lipinski definition) is 11. The van der Waals surface area contributed by atoms with Gasteiger partial charge in [0.2, 0.25) is 6.08 Å². The van der Waals surface area contributed by atoms with Crippen LogP contribution in [0.4, 0.5) is 43.4 Å². The van der Waals surface area contributed by atoms with Gasteiger partial charge in [0.15, 0.2) is 11.5 Å². The maximum absolute atomic E-state index is 13.2. The Hall–Kier alpha value is -5.33. The molecule has 0 aliphatic heterocycles. The number of alkyl halides is 6. The molecular formula is C22H19F6N7O8. The van der Waals surface area contributed by atoms with E-state index >= 15 is 0 Å². The Kier molecular flexibility index (Phi) is 10.3. The van der Waals surface area contributed by atoms with Gasteiger partial charge in [-0.05, 0) is 38.1 Å². The monoisotopic (exact) mass is 623 g/mol. The van der Waals surface area contributed by atoms with Gasteiger partial charge in [-0.25, -0.2) is 14.7 Å². The second kappa shape index (κ2) is 13.1. The molecular weight excluding hydrogens is 604 g/mol. The predicted octanol–water partition coefficient (Wildman–Crippen LogP) is 5.04. The highest BCUT2D eigenvalue weighted by Gasteiger charge is 2.40. The van der Waals surface area contributed by atoms with E-state index in [1.54, 1.807) is 0 Å². The smallest absolute Gasteiger partial charge is 0.420 e. The Labute approximate surface area is 235 Å².